The SMILES string of the molecule is CC1(C(=O)NC2(CN)CCOCC2)CCCO1. The van der Waals surface area contributed by atoms with Gasteiger partial charge in [-0.1, -0.05) is 0 Å². The van der Waals surface area contributed by atoms with Gasteiger partial charge in [0.05, 0.1) is 5.54 Å². The van der Waals surface area contributed by atoms with Crippen molar-refractivity contribution in [2.45, 2.75) is 43.7 Å². The molecule has 2 aliphatic heterocycles. The first-order chi connectivity index (χ1) is 8.10. The molecule has 0 spiro atoms. The molecular formula is C12H22N2O3. The van der Waals surface area contributed by atoms with Gasteiger partial charge in [-0.2, -0.15) is 0 Å². The van der Waals surface area contributed by atoms with Crippen LogP contribution >= 0.6 is 0 Å². The standard InChI is InChI=1S/C12H22N2O3/c1-11(3-2-6-17-11)10(15)14-12(9-13)4-7-16-8-5-12/h2-9,13H2,1H3,(H,14,15). The summed E-state index contributed by atoms with van der Waals surface area (Å²) in [6, 6.07) is 0. The van der Waals surface area contributed by atoms with E-state index in [1.807, 2.05) is 6.92 Å². The molecule has 0 aromatic carbocycles. The van der Waals surface area contributed by atoms with Crippen LogP contribution in [0.3, 0.4) is 0 Å². The summed E-state index contributed by atoms with van der Waals surface area (Å²) in [5.41, 5.74) is 4.85. The van der Waals surface area contributed by atoms with Crippen LogP contribution in [0.5, 0.6) is 0 Å². The van der Waals surface area contributed by atoms with Gasteiger partial charge in [0.15, 0.2) is 0 Å². The number of carbonyl (C=O) groups excluding carboxylic acids is 1. The molecule has 17 heavy (non-hydrogen) atoms. The van der Waals surface area contributed by atoms with Gasteiger partial charge in [-0.3, -0.25) is 4.79 Å². The molecule has 2 rings (SSSR count). The van der Waals surface area contributed by atoms with Gasteiger partial charge in [0, 0.05) is 26.4 Å². The number of amides is 1. The van der Waals surface area contributed by atoms with Crippen molar-refractivity contribution in [1.29, 1.82) is 0 Å². The van der Waals surface area contributed by atoms with Crippen LogP contribution in [-0.2, 0) is 14.3 Å². The Morgan fingerprint density at radius 2 is 2.00 bits per heavy atom. The fraction of sp³-hybridized carbons (Fsp3) is 0.917. The average Bonchev–Trinajstić information content (AvgIpc) is 2.79. The van der Waals surface area contributed by atoms with E-state index in [9.17, 15) is 4.79 Å². The molecule has 0 radical (unpaired) electrons. The van der Waals surface area contributed by atoms with Crippen LogP contribution in [0.1, 0.15) is 32.6 Å². The molecule has 98 valence electrons. The lowest BCUT2D eigenvalue weighted by Crippen LogP contribution is -2.60. The summed E-state index contributed by atoms with van der Waals surface area (Å²) >= 11 is 0. The molecule has 2 saturated heterocycles. The van der Waals surface area contributed by atoms with Crippen molar-refractivity contribution in [1.82, 2.24) is 5.32 Å². The van der Waals surface area contributed by atoms with Crippen molar-refractivity contribution >= 4 is 5.91 Å². The summed E-state index contributed by atoms with van der Waals surface area (Å²) in [5.74, 6) is -0.0256. The minimum absolute atomic E-state index is 0.0256. The highest BCUT2D eigenvalue weighted by molar-refractivity contribution is 5.85. The Kier molecular flexibility index (Phi) is 3.70. The van der Waals surface area contributed by atoms with Crippen LogP contribution < -0.4 is 11.1 Å². The van der Waals surface area contributed by atoms with Crippen molar-refractivity contribution in [2.24, 2.45) is 5.73 Å². The van der Waals surface area contributed by atoms with Crippen molar-refractivity contribution in [3.8, 4) is 0 Å². The maximum Gasteiger partial charge on any atom is 0.252 e. The zero-order valence-corrected chi connectivity index (χ0v) is 10.5. The lowest BCUT2D eigenvalue weighted by Gasteiger charge is -2.39. The van der Waals surface area contributed by atoms with Crippen LogP contribution in [-0.4, -0.2) is 43.4 Å². The van der Waals surface area contributed by atoms with E-state index in [-0.39, 0.29) is 11.4 Å². The van der Waals surface area contributed by atoms with E-state index >= 15 is 0 Å². The van der Waals surface area contributed by atoms with Crippen LogP contribution in [0.15, 0.2) is 0 Å². The van der Waals surface area contributed by atoms with Crippen molar-refractivity contribution < 1.29 is 14.3 Å². The Bertz CT molecular complexity index is 281. The third-order valence-corrected chi connectivity index (χ3v) is 3.92. The number of nitrogens with one attached hydrogen (secondary N) is 1. The van der Waals surface area contributed by atoms with Crippen molar-refractivity contribution in [3.63, 3.8) is 0 Å². The summed E-state index contributed by atoms with van der Waals surface area (Å²) in [4.78, 5) is 12.3. The lowest BCUT2D eigenvalue weighted by molar-refractivity contribution is -0.142. The summed E-state index contributed by atoms with van der Waals surface area (Å²) in [6.07, 6.45) is 3.30. The number of hydrogen-bond donors (Lipinski definition) is 2. The maximum absolute atomic E-state index is 12.3. The van der Waals surface area contributed by atoms with E-state index in [1.165, 1.54) is 0 Å². The van der Waals surface area contributed by atoms with Gasteiger partial charge in [-0.05, 0) is 32.6 Å². The van der Waals surface area contributed by atoms with Gasteiger partial charge in [0.1, 0.15) is 5.60 Å². The second-order valence-electron chi connectivity index (χ2n) is 5.23. The van der Waals surface area contributed by atoms with Crippen molar-refractivity contribution in [2.75, 3.05) is 26.4 Å². The zero-order chi connectivity index (χ0) is 12.4. The van der Waals surface area contributed by atoms with Crippen molar-refractivity contribution in [3.05, 3.63) is 0 Å². The highest BCUT2D eigenvalue weighted by atomic mass is 16.5. The molecule has 0 aliphatic carbocycles. The summed E-state index contributed by atoms with van der Waals surface area (Å²) in [7, 11) is 0. The molecule has 2 aliphatic rings. The topological polar surface area (TPSA) is 73.6 Å². The monoisotopic (exact) mass is 242 g/mol. The van der Waals surface area contributed by atoms with E-state index in [1.54, 1.807) is 0 Å². The third kappa shape index (κ3) is 2.61. The van der Waals surface area contributed by atoms with Gasteiger partial charge in [-0.25, -0.2) is 0 Å². The first kappa shape index (κ1) is 12.8. The molecule has 2 heterocycles. The van der Waals surface area contributed by atoms with Gasteiger partial charge in [0.25, 0.3) is 5.91 Å². The molecule has 3 N–H and O–H groups in total. The highest BCUT2D eigenvalue weighted by Gasteiger charge is 2.42. The van der Waals surface area contributed by atoms with Crippen LogP contribution in [0.25, 0.3) is 0 Å². The molecule has 1 atom stereocenters. The van der Waals surface area contributed by atoms with Crippen LogP contribution in [0, 0.1) is 0 Å². The minimum atomic E-state index is -0.666. The Balaban J connectivity index is 2.00. The Morgan fingerprint density at radius 1 is 1.29 bits per heavy atom. The molecule has 0 aromatic rings. The molecule has 0 aromatic heterocycles. The largest absolute Gasteiger partial charge is 0.381 e. The van der Waals surface area contributed by atoms with Crippen LogP contribution in [0.4, 0.5) is 0 Å². The third-order valence-electron chi connectivity index (χ3n) is 3.92. The molecular weight excluding hydrogens is 220 g/mol. The fourth-order valence-corrected chi connectivity index (χ4v) is 2.47. The predicted octanol–water partition coefficient (Wildman–Crippen LogP) is 0.180. The van der Waals surface area contributed by atoms with Gasteiger partial charge in [-0.15, -0.1) is 0 Å². The number of carbonyl (C=O) groups is 1. The fourth-order valence-electron chi connectivity index (χ4n) is 2.47. The second-order valence-corrected chi connectivity index (χ2v) is 5.23. The molecule has 1 amide bonds. The average molecular weight is 242 g/mol. The van der Waals surface area contributed by atoms with Gasteiger partial charge in [0.2, 0.25) is 0 Å². The quantitative estimate of drug-likeness (QED) is 0.740. The molecule has 0 saturated carbocycles. The van der Waals surface area contributed by atoms with E-state index in [4.69, 9.17) is 15.2 Å². The lowest BCUT2D eigenvalue weighted by atomic mass is 9.88. The molecule has 5 nitrogen and oxygen atoms in total. The first-order valence-corrected chi connectivity index (χ1v) is 6.35. The number of hydrogen-bond acceptors (Lipinski definition) is 4. The molecule has 2 fully saturated rings. The molecule has 0 bridgehead atoms. The first-order valence-electron chi connectivity index (χ1n) is 6.35. The normalized spacial score (nSPS) is 32.4. The second kappa shape index (κ2) is 4.92. The number of nitrogens with two attached hydrogens (primary N) is 1. The number of ether oxygens (including phenoxy) is 2. The minimum Gasteiger partial charge on any atom is -0.381 e. The summed E-state index contributed by atoms with van der Waals surface area (Å²) in [5, 5.41) is 3.10. The van der Waals surface area contributed by atoms with E-state index < -0.39 is 5.60 Å². The Hall–Kier alpha value is -0.650. The van der Waals surface area contributed by atoms with Gasteiger partial charge >= 0.3 is 0 Å². The van der Waals surface area contributed by atoms with E-state index in [0.29, 0.717) is 26.4 Å². The highest BCUT2D eigenvalue weighted by Crippen LogP contribution is 2.27. The molecule has 5 heteroatoms. The van der Waals surface area contributed by atoms with E-state index in [0.717, 1.165) is 25.7 Å². The van der Waals surface area contributed by atoms with Gasteiger partial charge < -0.3 is 20.5 Å². The van der Waals surface area contributed by atoms with Crippen LogP contribution in [0.2, 0.25) is 0 Å². The Morgan fingerprint density at radius 3 is 2.53 bits per heavy atom. The maximum atomic E-state index is 12.3. The smallest absolute Gasteiger partial charge is 0.252 e. The van der Waals surface area contributed by atoms with E-state index in [2.05, 4.69) is 5.32 Å². The predicted molar refractivity (Wildman–Crippen MR) is 63.6 cm³/mol. The summed E-state index contributed by atoms with van der Waals surface area (Å²) in [6.45, 7) is 4.31. The summed E-state index contributed by atoms with van der Waals surface area (Å²) < 4.78 is 10.9. The number of rotatable bonds is 3. The molecule has 1 unspecified atom stereocenters. The Labute approximate surface area is 102 Å². The zero-order valence-electron chi connectivity index (χ0n) is 10.5.